The van der Waals surface area contributed by atoms with Crippen molar-refractivity contribution < 1.29 is 9.50 Å². The number of hydrogen-bond donors (Lipinski definition) is 2. The predicted molar refractivity (Wildman–Crippen MR) is 57.0 cm³/mol. The fraction of sp³-hybridized carbons (Fsp3) is 0.400. The van der Waals surface area contributed by atoms with Crippen LogP contribution < -0.4 is 5.32 Å². The molecule has 0 radical (unpaired) electrons. The molecule has 0 aliphatic rings. The first-order valence-corrected chi connectivity index (χ1v) is 5.43. The number of aliphatic hydroxyl groups excluding tert-OH is 1. The summed E-state index contributed by atoms with van der Waals surface area (Å²) in [4.78, 5) is 0.596. The van der Waals surface area contributed by atoms with Crippen LogP contribution in [0.1, 0.15) is 5.56 Å². The maximum absolute atomic E-state index is 13.4. The van der Waals surface area contributed by atoms with Gasteiger partial charge in [0.1, 0.15) is 5.82 Å². The van der Waals surface area contributed by atoms with E-state index in [1.807, 2.05) is 13.1 Å². The summed E-state index contributed by atoms with van der Waals surface area (Å²) in [5.74, 6) is 0.318. The molecular weight excluding hydrogens is 201 g/mol. The van der Waals surface area contributed by atoms with Gasteiger partial charge in [-0.25, -0.2) is 4.39 Å². The van der Waals surface area contributed by atoms with Crippen LogP contribution in [0.15, 0.2) is 23.1 Å². The second kappa shape index (κ2) is 6.01. The zero-order valence-corrected chi connectivity index (χ0v) is 8.90. The molecule has 0 saturated heterocycles. The summed E-state index contributed by atoms with van der Waals surface area (Å²) in [5, 5.41) is 11.6. The summed E-state index contributed by atoms with van der Waals surface area (Å²) < 4.78 is 13.4. The molecule has 2 nitrogen and oxygen atoms in total. The van der Waals surface area contributed by atoms with Gasteiger partial charge in [-0.3, -0.25) is 0 Å². The molecule has 0 unspecified atom stereocenters. The number of rotatable bonds is 5. The molecular formula is C10H14FNOS. The Morgan fingerprint density at radius 1 is 1.50 bits per heavy atom. The third-order valence-electron chi connectivity index (χ3n) is 1.73. The summed E-state index contributed by atoms with van der Waals surface area (Å²) in [5.41, 5.74) is 0.929. The average Bonchev–Trinajstić information content (AvgIpc) is 2.17. The zero-order chi connectivity index (χ0) is 10.4. The number of thioether (sulfide) groups is 1. The number of benzene rings is 1. The first-order chi connectivity index (χ1) is 6.77. The Morgan fingerprint density at radius 2 is 2.29 bits per heavy atom. The van der Waals surface area contributed by atoms with Crippen molar-refractivity contribution >= 4 is 11.8 Å². The van der Waals surface area contributed by atoms with E-state index >= 15 is 0 Å². The molecule has 78 valence electrons. The fourth-order valence-corrected chi connectivity index (χ4v) is 1.80. The first-order valence-electron chi connectivity index (χ1n) is 4.44. The van der Waals surface area contributed by atoms with Gasteiger partial charge in [-0.15, -0.1) is 11.8 Å². The van der Waals surface area contributed by atoms with Crippen molar-refractivity contribution in [2.45, 2.75) is 11.4 Å². The Kier molecular flexibility index (Phi) is 4.93. The Morgan fingerprint density at radius 3 is 2.86 bits per heavy atom. The quantitative estimate of drug-likeness (QED) is 0.732. The molecule has 0 fully saturated rings. The van der Waals surface area contributed by atoms with E-state index in [-0.39, 0.29) is 12.4 Å². The van der Waals surface area contributed by atoms with Crippen molar-refractivity contribution in [3.05, 3.63) is 29.6 Å². The molecule has 1 aromatic carbocycles. The highest BCUT2D eigenvalue weighted by Crippen LogP contribution is 2.22. The minimum Gasteiger partial charge on any atom is -0.396 e. The summed E-state index contributed by atoms with van der Waals surface area (Å²) in [6, 6.07) is 5.16. The lowest BCUT2D eigenvalue weighted by Crippen LogP contribution is -2.05. The van der Waals surface area contributed by atoms with Gasteiger partial charge in [0.05, 0.1) is 6.61 Å². The third kappa shape index (κ3) is 3.29. The maximum atomic E-state index is 13.4. The Balaban J connectivity index is 2.68. The van der Waals surface area contributed by atoms with Crippen molar-refractivity contribution in [1.82, 2.24) is 5.32 Å². The van der Waals surface area contributed by atoms with E-state index < -0.39 is 0 Å². The van der Waals surface area contributed by atoms with E-state index in [0.717, 1.165) is 5.56 Å². The van der Waals surface area contributed by atoms with Crippen molar-refractivity contribution in [1.29, 1.82) is 0 Å². The third-order valence-corrected chi connectivity index (χ3v) is 2.75. The van der Waals surface area contributed by atoms with Gasteiger partial charge in [-0.2, -0.15) is 0 Å². The lowest BCUT2D eigenvalue weighted by atomic mass is 10.2. The summed E-state index contributed by atoms with van der Waals surface area (Å²) >= 11 is 1.33. The summed E-state index contributed by atoms with van der Waals surface area (Å²) in [6.07, 6.45) is 0. The fourth-order valence-electron chi connectivity index (χ4n) is 1.13. The van der Waals surface area contributed by atoms with Gasteiger partial charge in [0.2, 0.25) is 0 Å². The van der Waals surface area contributed by atoms with Gasteiger partial charge in [0, 0.05) is 17.2 Å². The normalized spacial score (nSPS) is 10.5. The van der Waals surface area contributed by atoms with Gasteiger partial charge in [0.25, 0.3) is 0 Å². The van der Waals surface area contributed by atoms with E-state index in [0.29, 0.717) is 17.2 Å². The second-order valence-corrected chi connectivity index (χ2v) is 4.00. The predicted octanol–water partition coefficient (Wildman–Crippen LogP) is 1.63. The molecule has 1 aromatic rings. The monoisotopic (exact) mass is 215 g/mol. The molecule has 0 bridgehead atoms. The Hall–Kier alpha value is -0.580. The van der Waals surface area contributed by atoms with E-state index in [9.17, 15) is 4.39 Å². The van der Waals surface area contributed by atoms with Crippen molar-refractivity contribution in [2.24, 2.45) is 0 Å². The number of aliphatic hydroxyl groups is 1. The Bertz CT molecular complexity index is 293. The highest BCUT2D eigenvalue weighted by atomic mass is 32.2. The number of hydrogen-bond acceptors (Lipinski definition) is 3. The first kappa shape index (κ1) is 11.5. The molecule has 0 aromatic heterocycles. The van der Waals surface area contributed by atoms with Gasteiger partial charge in [-0.1, -0.05) is 6.07 Å². The van der Waals surface area contributed by atoms with Gasteiger partial charge in [-0.05, 0) is 24.7 Å². The highest BCUT2D eigenvalue weighted by molar-refractivity contribution is 7.99. The highest BCUT2D eigenvalue weighted by Gasteiger charge is 2.03. The molecule has 0 spiro atoms. The van der Waals surface area contributed by atoms with Crippen LogP contribution in [0.5, 0.6) is 0 Å². The Labute approximate surface area is 87.5 Å². The molecule has 0 aliphatic carbocycles. The zero-order valence-electron chi connectivity index (χ0n) is 8.09. The molecule has 0 amide bonds. The molecule has 0 saturated carbocycles. The lowest BCUT2D eigenvalue weighted by molar-refractivity contribution is 0.322. The van der Waals surface area contributed by atoms with Crippen LogP contribution in [0, 0.1) is 5.82 Å². The van der Waals surface area contributed by atoms with E-state index in [1.54, 1.807) is 6.07 Å². The van der Waals surface area contributed by atoms with E-state index in [2.05, 4.69) is 5.32 Å². The SMILES string of the molecule is CNCc1ccc(SCCO)c(F)c1. The van der Waals surface area contributed by atoms with Crippen molar-refractivity contribution in [3.63, 3.8) is 0 Å². The molecule has 14 heavy (non-hydrogen) atoms. The smallest absolute Gasteiger partial charge is 0.137 e. The van der Waals surface area contributed by atoms with E-state index in [1.165, 1.54) is 17.8 Å². The van der Waals surface area contributed by atoms with E-state index in [4.69, 9.17) is 5.11 Å². The van der Waals surface area contributed by atoms with Gasteiger partial charge >= 0.3 is 0 Å². The summed E-state index contributed by atoms with van der Waals surface area (Å²) in [6.45, 7) is 0.740. The summed E-state index contributed by atoms with van der Waals surface area (Å²) in [7, 11) is 1.83. The maximum Gasteiger partial charge on any atom is 0.137 e. The van der Waals surface area contributed by atoms with Crippen molar-refractivity contribution in [3.8, 4) is 0 Å². The topological polar surface area (TPSA) is 32.3 Å². The number of halogens is 1. The number of nitrogens with one attached hydrogen (secondary N) is 1. The standard InChI is InChI=1S/C10H14FNOS/c1-12-7-8-2-3-10(9(11)6-8)14-5-4-13/h2-3,6,12-13H,4-5,7H2,1H3. The molecule has 4 heteroatoms. The van der Waals surface area contributed by atoms with Crippen LogP contribution in [0.25, 0.3) is 0 Å². The molecule has 2 N–H and O–H groups in total. The van der Waals surface area contributed by atoms with Crippen LogP contribution in [0.3, 0.4) is 0 Å². The largest absolute Gasteiger partial charge is 0.396 e. The van der Waals surface area contributed by atoms with Gasteiger partial charge < -0.3 is 10.4 Å². The van der Waals surface area contributed by atoms with Crippen LogP contribution in [0.4, 0.5) is 4.39 Å². The van der Waals surface area contributed by atoms with Gasteiger partial charge in [0.15, 0.2) is 0 Å². The minimum absolute atomic E-state index is 0.0718. The minimum atomic E-state index is -0.212. The molecule has 1 rings (SSSR count). The molecule has 0 heterocycles. The second-order valence-electron chi connectivity index (χ2n) is 2.87. The average molecular weight is 215 g/mol. The molecule has 0 atom stereocenters. The van der Waals surface area contributed by atoms with Crippen LogP contribution >= 0.6 is 11.8 Å². The van der Waals surface area contributed by atoms with Crippen LogP contribution in [0.2, 0.25) is 0 Å². The van der Waals surface area contributed by atoms with Crippen molar-refractivity contribution in [2.75, 3.05) is 19.4 Å². The van der Waals surface area contributed by atoms with Crippen LogP contribution in [-0.2, 0) is 6.54 Å². The van der Waals surface area contributed by atoms with Crippen LogP contribution in [-0.4, -0.2) is 24.5 Å². The lowest BCUT2D eigenvalue weighted by Gasteiger charge is -2.04. The molecule has 0 aliphatic heterocycles.